The summed E-state index contributed by atoms with van der Waals surface area (Å²) in [5.41, 5.74) is 1.28. The van der Waals surface area contributed by atoms with Crippen LogP contribution in [0.1, 0.15) is 11.4 Å². The first-order valence-corrected chi connectivity index (χ1v) is 4.91. The molecule has 0 aliphatic rings. The van der Waals surface area contributed by atoms with Crippen LogP contribution in [0.25, 0.3) is 0 Å². The van der Waals surface area contributed by atoms with Crippen LogP contribution < -0.4 is 5.32 Å². The Morgan fingerprint density at radius 1 is 1.47 bits per heavy atom. The fourth-order valence-electron chi connectivity index (χ4n) is 1.52. The molecule has 0 radical (unpaired) electrons. The summed E-state index contributed by atoms with van der Waals surface area (Å²) in [7, 11) is 3.85. The highest BCUT2D eigenvalue weighted by molar-refractivity contribution is 5.10. The van der Waals surface area contributed by atoms with E-state index in [0.29, 0.717) is 0 Å². The van der Waals surface area contributed by atoms with Crippen molar-refractivity contribution in [3.63, 3.8) is 0 Å². The minimum Gasteiger partial charge on any atom is -0.346 e. The Hall–Kier alpha value is -1.62. The van der Waals surface area contributed by atoms with E-state index < -0.39 is 0 Å². The van der Waals surface area contributed by atoms with E-state index in [2.05, 4.69) is 38.4 Å². The van der Waals surface area contributed by atoms with Gasteiger partial charge >= 0.3 is 0 Å². The molecule has 0 saturated carbocycles. The summed E-state index contributed by atoms with van der Waals surface area (Å²) in [6, 6.07) is 2.10. The summed E-state index contributed by atoms with van der Waals surface area (Å²) in [6.07, 6.45) is 5.75. The van der Waals surface area contributed by atoms with Crippen LogP contribution in [-0.2, 0) is 20.1 Å². The molecule has 0 amide bonds. The number of hydrogen-bond acceptors (Lipinski definition) is 3. The summed E-state index contributed by atoms with van der Waals surface area (Å²) < 4.78 is 3.90. The number of nitrogens with zero attached hydrogens (tertiary/aromatic N) is 4. The number of hydrogen-bond donors (Lipinski definition) is 1. The van der Waals surface area contributed by atoms with Crippen molar-refractivity contribution in [3.05, 3.63) is 36.2 Å². The molecule has 15 heavy (non-hydrogen) atoms. The molecule has 5 heteroatoms. The molecular formula is C10H15N5. The largest absolute Gasteiger partial charge is 0.346 e. The topological polar surface area (TPSA) is 47.7 Å². The average molecular weight is 205 g/mol. The summed E-state index contributed by atoms with van der Waals surface area (Å²) in [6.45, 7) is 1.66. The lowest BCUT2D eigenvalue weighted by Gasteiger charge is -2.01. The lowest BCUT2D eigenvalue weighted by atomic mass is 10.3. The summed E-state index contributed by atoms with van der Waals surface area (Å²) in [5.74, 6) is 0.960. The van der Waals surface area contributed by atoms with Gasteiger partial charge in [-0.05, 0) is 18.7 Å². The second kappa shape index (κ2) is 4.27. The molecule has 0 spiro atoms. The van der Waals surface area contributed by atoms with Crippen LogP contribution in [0, 0.1) is 0 Å². The van der Waals surface area contributed by atoms with Gasteiger partial charge in [0.15, 0.2) is 0 Å². The lowest BCUT2D eigenvalue weighted by molar-refractivity contribution is 0.654. The van der Waals surface area contributed by atoms with E-state index in [1.807, 2.05) is 14.1 Å². The molecule has 0 fully saturated rings. The normalized spacial score (nSPS) is 10.8. The SMILES string of the molecule is CNCc1ccn(Cc2ncnn2C)c1. The zero-order valence-corrected chi connectivity index (χ0v) is 9.01. The van der Waals surface area contributed by atoms with E-state index in [0.717, 1.165) is 18.9 Å². The van der Waals surface area contributed by atoms with Crippen LogP contribution in [0.4, 0.5) is 0 Å². The van der Waals surface area contributed by atoms with Crippen molar-refractivity contribution >= 4 is 0 Å². The van der Waals surface area contributed by atoms with Gasteiger partial charge in [-0.2, -0.15) is 5.10 Å². The molecule has 80 valence electrons. The quantitative estimate of drug-likeness (QED) is 0.785. The van der Waals surface area contributed by atoms with Crippen LogP contribution >= 0.6 is 0 Å². The third kappa shape index (κ3) is 2.24. The minimum atomic E-state index is 0.764. The van der Waals surface area contributed by atoms with Crippen molar-refractivity contribution in [1.82, 2.24) is 24.6 Å². The van der Waals surface area contributed by atoms with Gasteiger partial charge in [-0.3, -0.25) is 4.68 Å². The molecular weight excluding hydrogens is 190 g/mol. The predicted octanol–water partition coefficient (Wildman–Crippen LogP) is 0.384. The molecule has 5 nitrogen and oxygen atoms in total. The molecule has 2 heterocycles. The smallest absolute Gasteiger partial charge is 0.146 e. The van der Waals surface area contributed by atoms with Crippen LogP contribution in [-0.4, -0.2) is 26.4 Å². The molecule has 0 aliphatic heterocycles. The monoisotopic (exact) mass is 205 g/mol. The van der Waals surface area contributed by atoms with Gasteiger partial charge in [-0.1, -0.05) is 0 Å². The van der Waals surface area contributed by atoms with Crippen molar-refractivity contribution in [2.45, 2.75) is 13.1 Å². The van der Waals surface area contributed by atoms with Gasteiger partial charge in [-0.15, -0.1) is 0 Å². The second-order valence-corrected chi connectivity index (χ2v) is 3.52. The Labute approximate surface area is 88.7 Å². The highest BCUT2D eigenvalue weighted by atomic mass is 15.3. The van der Waals surface area contributed by atoms with Gasteiger partial charge in [0.2, 0.25) is 0 Å². The second-order valence-electron chi connectivity index (χ2n) is 3.52. The van der Waals surface area contributed by atoms with Gasteiger partial charge in [-0.25, -0.2) is 4.98 Å². The van der Waals surface area contributed by atoms with E-state index in [1.165, 1.54) is 5.56 Å². The summed E-state index contributed by atoms with van der Waals surface area (Å²) in [4.78, 5) is 4.18. The fraction of sp³-hybridized carbons (Fsp3) is 0.400. The first-order chi connectivity index (χ1) is 7.29. The number of aryl methyl sites for hydroxylation is 1. The van der Waals surface area contributed by atoms with Crippen LogP contribution in [0.3, 0.4) is 0 Å². The molecule has 0 aliphatic carbocycles. The van der Waals surface area contributed by atoms with Gasteiger partial charge in [0.25, 0.3) is 0 Å². The molecule has 0 atom stereocenters. The Bertz CT molecular complexity index is 428. The minimum absolute atomic E-state index is 0.764. The van der Waals surface area contributed by atoms with Crippen molar-refractivity contribution < 1.29 is 0 Å². The highest BCUT2D eigenvalue weighted by Crippen LogP contribution is 2.03. The molecule has 1 N–H and O–H groups in total. The van der Waals surface area contributed by atoms with Crippen molar-refractivity contribution in [2.24, 2.45) is 7.05 Å². The molecule has 0 aromatic carbocycles. The standard InChI is InChI=1S/C10H15N5/c1-11-5-9-3-4-15(6-9)7-10-12-8-13-14(10)2/h3-4,6,8,11H,5,7H2,1-2H3. The van der Waals surface area contributed by atoms with Gasteiger partial charge in [0.05, 0.1) is 6.54 Å². The van der Waals surface area contributed by atoms with Gasteiger partial charge < -0.3 is 9.88 Å². The fourth-order valence-corrected chi connectivity index (χ4v) is 1.52. The van der Waals surface area contributed by atoms with E-state index in [1.54, 1.807) is 11.0 Å². The zero-order valence-electron chi connectivity index (χ0n) is 9.01. The Morgan fingerprint density at radius 2 is 2.33 bits per heavy atom. The maximum absolute atomic E-state index is 4.18. The summed E-state index contributed by atoms with van der Waals surface area (Å²) >= 11 is 0. The molecule has 0 unspecified atom stereocenters. The van der Waals surface area contributed by atoms with Crippen molar-refractivity contribution in [3.8, 4) is 0 Å². The Kier molecular flexibility index (Phi) is 2.82. The predicted molar refractivity (Wildman–Crippen MR) is 57.3 cm³/mol. The van der Waals surface area contributed by atoms with E-state index in [-0.39, 0.29) is 0 Å². The van der Waals surface area contributed by atoms with E-state index in [9.17, 15) is 0 Å². The van der Waals surface area contributed by atoms with Crippen molar-refractivity contribution in [2.75, 3.05) is 7.05 Å². The Morgan fingerprint density at radius 3 is 3.00 bits per heavy atom. The first kappa shape index (κ1) is 9.92. The molecule has 2 aromatic heterocycles. The van der Waals surface area contributed by atoms with Crippen LogP contribution in [0.2, 0.25) is 0 Å². The number of rotatable bonds is 4. The van der Waals surface area contributed by atoms with Crippen LogP contribution in [0.5, 0.6) is 0 Å². The Balaban J connectivity index is 2.08. The zero-order chi connectivity index (χ0) is 10.7. The molecule has 2 rings (SSSR count). The van der Waals surface area contributed by atoms with E-state index in [4.69, 9.17) is 0 Å². The first-order valence-electron chi connectivity index (χ1n) is 4.91. The van der Waals surface area contributed by atoms with Gasteiger partial charge in [0.1, 0.15) is 12.2 Å². The summed E-state index contributed by atoms with van der Waals surface area (Å²) in [5, 5.41) is 7.16. The van der Waals surface area contributed by atoms with Crippen LogP contribution in [0.15, 0.2) is 24.8 Å². The molecule has 0 bridgehead atoms. The average Bonchev–Trinajstić information content (AvgIpc) is 2.79. The third-order valence-corrected chi connectivity index (χ3v) is 2.32. The molecule has 0 saturated heterocycles. The number of aromatic nitrogens is 4. The van der Waals surface area contributed by atoms with Crippen molar-refractivity contribution in [1.29, 1.82) is 0 Å². The van der Waals surface area contributed by atoms with E-state index >= 15 is 0 Å². The lowest BCUT2D eigenvalue weighted by Crippen LogP contribution is -2.06. The third-order valence-electron chi connectivity index (χ3n) is 2.32. The van der Waals surface area contributed by atoms with Gasteiger partial charge in [0, 0.05) is 26.0 Å². The highest BCUT2D eigenvalue weighted by Gasteiger charge is 2.01. The maximum atomic E-state index is 4.18. The maximum Gasteiger partial charge on any atom is 0.146 e. The number of nitrogens with one attached hydrogen (secondary N) is 1. The molecule has 2 aromatic rings.